The Labute approximate surface area is 136 Å². The molecule has 2 aromatic rings. The summed E-state index contributed by atoms with van der Waals surface area (Å²) in [5.74, 6) is 1.47. The normalized spacial score (nSPS) is 16.5. The monoisotopic (exact) mass is 311 g/mol. The average Bonchev–Trinajstić information content (AvgIpc) is 2.53. The van der Waals surface area contributed by atoms with Gasteiger partial charge >= 0.3 is 0 Å². The van der Waals surface area contributed by atoms with Crippen molar-refractivity contribution in [2.45, 2.75) is 26.9 Å². The minimum absolute atomic E-state index is 0.0206. The Hall–Kier alpha value is -2.49. The lowest BCUT2D eigenvalue weighted by Crippen LogP contribution is -2.44. The standard InChI is InChI=1S/C19H21NO3/c1-13-7-6-8-14(2)19(13)22-12-18(21)20-11-15(3)23-17-10-5-4-9-16(17)20/h4-10,15H,11-12H2,1-3H3. The first-order chi connectivity index (χ1) is 11.1. The van der Waals surface area contributed by atoms with Crippen LogP contribution in [0.4, 0.5) is 5.69 Å². The summed E-state index contributed by atoms with van der Waals surface area (Å²) < 4.78 is 11.6. The first-order valence-corrected chi connectivity index (χ1v) is 7.81. The molecular formula is C19H21NO3. The Morgan fingerprint density at radius 3 is 2.61 bits per heavy atom. The molecular weight excluding hydrogens is 290 g/mol. The van der Waals surface area contributed by atoms with Crippen LogP contribution in [0, 0.1) is 13.8 Å². The summed E-state index contributed by atoms with van der Waals surface area (Å²) in [6, 6.07) is 13.6. The predicted octanol–water partition coefficient (Wildman–Crippen LogP) is 3.50. The van der Waals surface area contributed by atoms with Crippen LogP contribution in [0.3, 0.4) is 0 Å². The maximum Gasteiger partial charge on any atom is 0.265 e. The van der Waals surface area contributed by atoms with Crippen LogP contribution in [-0.2, 0) is 4.79 Å². The minimum Gasteiger partial charge on any atom is -0.487 e. The predicted molar refractivity (Wildman–Crippen MR) is 90.3 cm³/mol. The lowest BCUT2D eigenvalue weighted by atomic mass is 10.1. The van der Waals surface area contributed by atoms with Gasteiger partial charge in [0.25, 0.3) is 5.91 Å². The summed E-state index contributed by atoms with van der Waals surface area (Å²) >= 11 is 0. The molecule has 1 amide bonds. The maximum atomic E-state index is 12.6. The maximum absolute atomic E-state index is 12.6. The molecule has 1 heterocycles. The molecule has 1 unspecified atom stereocenters. The van der Waals surface area contributed by atoms with E-state index in [0.717, 1.165) is 28.3 Å². The molecule has 4 nitrogen and oxygen atoms in total. The third-order valence-corrected chi connectivity index (χ3v) is 3.97. The van der Waals surface area contributed by atoms with Gasteiger partial charge in [0.05, 0.1) is 12.2 Å². The highest BCUT2D eigenvalue weighted by molar-refractivity contribution is 5.96. The number of amides is 1. The van der Waals surface area contributed by atoms with E-state index in [-0.39, 0.29) is 18.6 Å². The van der Waals surface area contributed by atoms with Crippen LogP contribution in [0.2, 0.25) is 0 Å². The van der Waals surface area contributed by atoms with Crippen molar-refractivity contribution >= 4 is 11.6 Å². The van der Waals surface area contributed by atoms with E-state index in [1.54, 1.807) is 4.90 Å². The number of para-hydroxylation sites is 3. The Balaban J connectivity index is 1.76. The Bertz CT molecular complexity index is 706. The lowest BCUT2D eigenvalue weighted by molar-refractivity contribution is -0.121. The topological polar surface area (TPSA) is 38.8 Å². The fourth-order valence-corrected chi connectivity index (χ4v) is 2.86. The molecule has 2 aromatic carbocycles. The third kappa shape index (κ3) is 3.16. The number of hydrogen-bond donors (Lipinski definition) is 0. The van der Waals surface area contributed by atoms with Crippen molar-refractivity contribution in [3.63, 3.8) is 0 Å². The second-order valence-corrected chi connectivity index (χ2v) is 5.91. The molecule has 0 bridgehead atoms. The van der Waals surface area contributed by atoms with E-state index in [9.17, 15) is 4.79 Å². The number of anilines is 1. The SMILES string of the molecule is Cc1cccc(C)c1OCC(=O)N1CC(C)Oc2ccccc21. The van der Waals surface area contributed by atoms with Crippen molar-refractivity contribution in [1.29, 1.82) is 0 Å². The molecule has 3 rings (SSSR count). The molecule has 0 saturated carbocycles. The number of rotatable bonds is 3. The number of carbonyl (C=O) groups is 1. The van der Waals surface area contributed by atoms with Crippen LogP contribution < -0.4 is 14.4 Å². The molecule has 0 fully saturated rings. The van der Waals surface area contributed by atoms with Crippen molar-refractivity contribution in [3.8, 4) is 11.5 Å². The van der Waals surface area contributed by atoms with Crippen LogP contribution in [0.5, 0.6) is 11.5 Å². The zero-order valence-electron chi connectivity index (χ0n) is 13.7. The number of benzene rings is 2. The molecule has 120 valence electrons. The van der Waals surface area contributed by atoms with Crippen LogP contribution in [0.1, 0.15) is 18.1 Å². The molecule has 1 atom stereocenters. The quantitative estimate of drug-likeness (QED) is 0.871. The average molecular weight is 311 g/mol. The highest BCUT2D eigenvalue weighted by atomic mass is 16.5. The summed E-state index contributed by atoms with van der Waals surface area (Å²) in [7, 11) is 0. The molecule has 0 radical (unpaired) electrons. The largest absolute Gasteiger partial charge is 0.487 e. The van der Waals surface area contributed by atoms with Crippen LogP contribution >= 0.6 is 0 Å². The first kappa shape index (κ1) is 15.4. The zero-order valence-corrected chi connectivity index (χ0v) is 13.7. The van der Waals surface area contributed by atoms with E-state index in [1.807, 2.05) is 63.2 Å². The van der Waals surface area contributed by atoms with Gasteiger partial charge in [0.1, 0.15) is 17.6 Å². The van der Waals surface area contributed by atoms with E-state index in [2.05, 4.69) is 0 Å². The molecule has 1 aliphatic rings. The molecule has 0 aromatic heterocycles. The van der Waals surface area contributed by atoms with E-state index in [0.29, 0.717) is 6.54 Å². The van der Waals surface area contributed by atoms with Crippen molar-refractivity contribution in [1.82, 2.24) is 0 Å². The second kappa shape index (κ2) is 6.32. The summed E-state index contributed by atoms with van der Waals surface area (Å²) in [5.41, 5.74) is 2.88. The van der Waals surface area contributed by atoms with Crippen LogP contribution in [-0.4, -0.2) is 25.2 Å². The molecule has 0 saturated heterocycles. The Kier molecular flexibility index (Phi) is 4.24. The van der Waals surface area contributed by atoms with Gasteiger partial charge in [-0.2, -0.15) is 0 Å². The van der Waals surface area contributed by atoms with Crippen molar-refractivity contribution in [2.75, 3.05) is 18.1 Å². The van der Waals surface area contributed by atoms with Crippen LogP contribution in [0.25, 0.3) is 0 Å². The number of nitrogens with zero attached hydrogens (tertiary/aromatic N) is 1. The van der Waals surface area contributed by atoms with Gasteiger partial charge in [-0.25, -0.2) is 0 Å². The summed E-state index contributed by atoms with van der Waals surface area (Å²) in [6.07, 6.45) is -0.0333. The second-order valence-electron chi connectivity index (χ2n) is 5.91. The fraction of sp³-hybridized carbons (Fsp3) is 0.316. The molecule has 0 N–H and O–H groups in total. The minimum atomic E-state index is -0.0600. The number of fused-ring (bicyclic) bond motifs is 1. The highest BCUT2D eigenvalue weighted by Gasteiger charge is 2.27. The number of carbonyl (C=O) groups excluding carboxylic acids is 1. The van der Waals surface area contributed by atoms with Gasteiger partial charge in [0, 0.05) is 0 Å². The Morgan fingerprint density at radius 2 is 1.87 bits per heavy atom. The van der Waals surface area contributed by atoms with Gasteiger partial charge in [0.15, 0.2) is 6.61 Å². The van der Waals surface area contributed by atoms with Crippen molar-refractivity contribution < 1.29 is 14.3 Å². The van der Waals surface area contributed by atoms with Gasteiger partial charge in [0.2, 0.25) is 0 Å². The summed E-state index contributed by atoms with van der Waals surface area (Å²) in [6.45, 7) is 6.49. The number of hydrogen-bond acceptors (Lipinski definition) is 3. The molecule has 0 aliphatic carbocycles. The first-order valence-electron chi connectivity index (χ1n) is 7.81. The summed E-state index contributed by atoms with van der Waals surface area (Å²) in [4.78, 5) is 14.4. The smallest absolute Gasteiger partial charge is 0.265 e. The van der Waals surface area contributed by atoms with Gasteiger partial charge in [-0.3, -0.25) is 4.79 Å². The highest BCUT2D eigenvalue weighted by Crippen LogP contribution is 2.33. The van der Waals surface area contributed by atoms with Gasteiger partial charge in [-0.1, -0.05) is 30.3 Å². The molecule has 1 aliphatic heterocycles. The third-order valence-electron chi connectivity index (χ3n) is 3.97. The number of aryl methyl sites for hydroxylation is 2. The molecule has 4 heteroatoms. The van der Waals surface area contributed by atoms with E-state index >= 15 is 0 Å². The van der Waals surface area contributed by atoms with E-state index in [1.165, 1.54) is 0 Å². The van der Waals surface area contributed by atoms with Gasteiger partial charge in [-0.05, 0) is 44.0 Å². The van der Waals surface area contributed by atoms with E-state index in [4.69, 9.17) is 9.47 Å². The fourth-order valence-electron chi connectivity index (χ4n) is 2.86. The van der Waals surface area contributed by atoms with Crippen molar-refractivity contribution in [2.24, 2.45) is 0 Å². The van der Waals surface area contributed by atoms with E-state index < -0.39 is 0 Å². The molecule has 0 spiro atoms. The summed E-state index contributed by atoms with van der Waals surface area (Å²) in [5, 5.41) is 0. The zero-order chi connectivity index (χ0) is 16.4. The number of ether oxygens (including phenoxy) is 2. The Morgan fingerprint density at radius 1 is 1.17 bits per heavy atom. The van der Waals surface area contributed by atoms with Crippen LogP contribution in [0.15, 0.2) is 42.5 Å². The van der Waals surface area contributed by atoms with Gasteiger partial charge < -0.3 is 14.4 Å². The van der Waals surface area contributed by atoms with Gasteiger partial charge in [-0.15, -0.1) is 0 Å². The molecule has 23 heavy (non-hydrogen) atoms. The van der Waals surface area contributed by atoms with Crippen molar-refractivity contribution in [3.05, 3.63) is 53.6 Å². The lowest BCUT2D eigenvalue weighted by Gasteiger charge is -2.33.